The van der Waals surface area contributed by atoms with Crippen LogP contribution in [-0.4, -0.2) is 58.8 Å². The van der Waals surface area contributed by atoms with Crippen molar-refractivity contribution in [3.8, 4) is 0 Å². The van der Waals surface area contributed by atoms with Gasteiger partial charge in [-0.05, 0) is 13.2 Å². The number of hydrogen-bond acceptors (Lipinski definition) is 5. The monoisotopic (exact) mass is 264 g/mol. The van der Waals surface area contributed by atoms with Gasteiger partial charge in [0.05, 0.1) is 6.61 Å². The molecule has 0 bridgehead atoms. The summed E-state index contributed by atoms with van der Waals surface area (Å²) in [6, 6.07) is -0.984. The predicted molar refractivity (Wildman–Crippen MR) is 67.1 cm³/mol. The highest BCUT2D eigenvalue weighted by Crippen LogP contribution is 2.09. The third kappa shape index (κ3) is 6.50. The van der Waals surface area contributed by atoms with Gasteiger partial charge < -0.3 is 20.8 Å². The number of carboxylic acids is 1. The molecule has 100 valence electrons. The van der Waals surface area contributed by atoms with Gasteiger partial charge >= 0.3 is 5.97 Å². The number of thioether (sulfide) groups is 1. The Morgan fingerprint density at radius 1 is 1.41 bits per heavy atom. The van der Waals surface area contributed by atoms with Gasteiger partial charge in [0.1, 0.15) is 6.04 Å². The van der Waals surface area contributed by atoms with Crippen LogP contribution in [0.25, 0.3) is 0 Å². The zero-order valence-corrected chi connectivity index (χ0v) is 11.1. The molecule has 0 aliphatic carbocycles. The molecule has 0 fully saturated rings. The number of carbonyl (C=O) groups is 2. The van der Waals surface area contributed by atoms with Crippen molar-refractivity contribution in [3.63, 3.8) is 0 Å². The van der Waals surface area contributed by atoms with Crippen molar-refractivity contribution in [2.75, 3.05) is 19.4 Å². The molecule has 0 saturated heterocycles. The molecule has 0 saturated carbocycles. The lowest BCUT2D eigenvalue weighted by molar-refractivity contribution is -0.141. The standard InChI is InChI=1S/C10H20N2O4S/c1-6(9(5-13)17-3)11-4-8(10(15)16)12-7(2)14/h6,8-9,11,13H,4-5H2,1-3H3,(H,12,14)(H,15,16). The molecular formula is C10H20N2O4S. The zero-order valence-electron chi connectivity index (χ0n) is 10.3. The van der Waals surface area contributed by atoms with Crippen LogP contribution >= 0.6 is 11.8 Å². The summed E-state index contributed by atoms with van der Waals surface area (Å²) in [6.07, 6.45) is 1.88. The number of carboxylic acid groups (broad SMARTS) is 1. The molecule has 1 amide bonds. The number of rotatable bonds is 8. The van der Waals surface area contributed by atoms with Crippen molar-refractivity contribution < 1.29 is 19.8 Å². The molecule has 6 nitrogen and oxygen atoms in total. The van der Waals surface area contributed by atoms with Gasteiger partial charge in [0.15, 0.2) is 0 Å². The second kappa shape index (κ2) is 8.32. The first-order valence-electron chi connectivity index (χ1n) is 5.29. The topological polar surface area (TPSA) is 98.7 Å². The third-order valence-electron chi connectivity index (χ3n) is 2.36. The summed E-state index contributed by atoms with van der Waals surface area (Å²) >= 11 is 1.50. The largest absolute Gasteiger partial charge is 0.480 e. The van der Waals surface area contributed by atoms with Crippen molar-refractivity contribution in [2.24, 2.45) is 0 Å². The van der Waals surface area contributed by atoms with E-state index in [4.69, 9.17) is 10.2 Å². The lowest BCUT2D eigenvalue weighted by Crippen LogP contribution is -2.50. The summed E-state index contributed by atoms with van der Waals surface area (Å²) in [4.78, 5) is 21.7. The van der Waals surface area contributed by atoms with Gasteiger partial charge in [0, 0.05) is 24.8 Å². The van der Waals surface area contributed by atoms with E-state index in [0.29, 0.717) is 0 Å². The number of carbonyl (C=O) groups excluding carboxylic acids is 1. The molecular weight excluding hydrogens is 244 g/mol. The van der Waals surface area contributed by atoms with E-state index >= 15 is 0 Å². The van der Waals surface area contributed by atoms with E-state index in [1.165, 1.54) is 18.7 Å². The molecule has 3 unspecified atom stereocenters. The molecule has 0 rings (SSSR count). The van der Waals surface area contributed by atoms with Crippen molar-refractivity contribution in [1.29, 1.82) is 0 Å². The maximum Gasteiger partial charge on any atom is 0.327 e. The van der Waals surface area contributed by atoms with Crippen molar-refractivity contribution in [2.45, 2.75) is 31.2 Å². The zero-order chi connectivity index (χ0) is 13.4. The quantitative estimate of drug-likeness (QED) is 0.462. The Morgan fingerprint density at radius 2 is 2.00 bits per heavy atom. The fraction of sp³-hybridized carbons (Fsp3) is 0.800. The van der Waals surface area contributed by atoms with Crippen LogP contribution in [0.5, 0.6) is 0 Å². The number of aliphatic carboxylic acids is 1. The van der Waals surface area contributed by atoms with E-state index in [9.17, 15) is 9.59 Å². The van der Waals surface area contributed by atoms with Crippen LogP contribution in [0.3, 0.4) is 0 Å². The second-order valence-electron chi connectivity index (χ2n) is 3.74. The molecule has 4 N–H and O–H groups in total. The van der Waals surface area contributed by atoms with Gasteiger partial charge in [-0.3, -0.25) is 4.79 Å². The molecule has 0 aromatic heterocycles. The predicted octanol–water partition coefficient (Wildman–Crippen LogP) is -0.722. The Hall–Kier alpha value is -0.790. The smallest absolute Gasteiger partial charge is 0.327 e. The highest BCUT2D eigenvalue weighted by Gasteiger charge is 2.21. The number of aliphatic hydroxyl groups is 1. The molecule has 7 heteroatoms. The van der Waals surface area contributed by atoms with Crippen LogP contribution in [0.4, 0.5) is 0 Å². The maximum atomic E-state index is 10.8. The second-order valence-corrected chi connectivity index (χ2v) is 4.82. The van der Waals surface area contributed by atoms with Crippen molar-refractivity contribution >= 4 is 23.6 Å². The third-order valence-corrected chi connectivity index (χ3v) is 3.52. The Bertz CT molecular complexity index is 259. The maximum absolute atomic E-state index is 10.8. The van der Waals surface area contributed by atoms with E-state index in [0.717, 1.165) is 0 Å². The molecule has 17 heavy (non-hydrogen) atoms. The molecule has 0 aromatic carbocycles. The molecule has 0 aromatic rings. The molecule has 0 aliphatic heterocycles. The summed E-state index contributed by atoms with van der Waals surface area (Å²) < 4.78 is 0. The van der Waals surface area contributed by atoms with Gasteiger partial charge in [-0.1, -0.05) is 0 Å². The minimum absolute atomic E-state index is 0.00164. The summed E-state index contributed by atoms with van der Waals surface area (Å²) in [5, 5.41) is 23.3. The number of hydrogen-bond donors (Lipinski definition) is 4. The molecule has 0 heterocycles. The lowest BCUT2D eigenvalue weighted by Gasteiger charge is -2.23. The Balaban J connectivity index is 4.20. The highest BCUT2D eigenvalue weighted by molar-refractivity contribution is 7.99. The van der Waals surface area contributed by atoms with Gasteiger partial charge in [-0.2, -0.15) is 11.8 Å². The molecule has 0 spiro atoms. The van der Waals surface area contributed by atoms with Crippen LogP contribution < -0.4 is 10.6 Å². The molecule has 0 radical (unpaired) electrons. The number of aliphatic hydroxyl groups excluding tert-OH is 1. The van der Waals surface area contributed by atoms with E-state index in [2.05, 4.69) is 10.6 Å². The van der Waals surface area contributed by atoms with E-state index in [1.54, 1.807) is 0 Å². The Morgan fingerprint density at radius 3 is 2.35 bits per heavy atom. The highest BCUT2D eigenvalue weighted by atomic mass is 32.2. The first-order chi connectivity index (χ1) is 7.92. The van der Waals surface area contributed by atoms with Gasteiger partial charge in [-0.25, -0.2) is 4.79 Å². The van der Waals surface area contributed by atoms with Gasteiger partial charge in [0.2, 0.25) is 5.91 Å². The van der Waals surface area contributed by atoms with Crippen molar-refractivity contribution in [1.82, 2.24) is 10.6 Å². The normalized spacial score (nSPS) is 16.0. The number of nitrogens with one attached hydrogen (secondary N) is 2. The van der Waals surface area contributed by atoms with E-state index in [1.807, 2.05) is 13.2 Å². The van der Waals surface area contributed by atoms with Crippen LogP contribution in [0.15, 0.2) is 0 Å². The number of amides is 1. The average Bonchev–Trinajstić information content (AvgIpc) is 2.25. The summed E-state index contributed by atoms with van der Waals surface area (Å²) in [7, 11) is 0. The minimum Gasteiger partial charge on any atom is -0.480 e. The first kappa shape index (κ1) is 16.2. The SMILES string of the molecule is CSC(CO)C(C)NCC(NC(C)=O)C(=O)O. The van der Waals surface area contributed by atoms with E-state index in [-0.39, 0.29) is 30.4 Å². The summed E-state index contributed by atoms with van der Waals surface area (Å²) in [6.45, 7) is 3.29. The van der Waals surface area contributed by atoms with Gasteiger partial charge in [-0.15, -0.1) is 0 Å². The Labute approximate surface area is 105 Å². The summed E-state index contributed by atoms with van der Waals surface area (Å²) in [5.74, 6) is -1.46. The van der Waals surface area contributed by atoms with Crippen LogP contribution in [0.1, 0.15) is 13.8 Å². The van der Waals surface area contributed by atoms with Crippen LogP contribution in [-0.2, 0) is 9.59 Å². The van der Waals surface area contributed by atoms with Gasteiger partial charge in [0.25, 0.3) is 0 Å². The Kier molecular flexibility index (Phi) is 7.94. The van der Waals surface area contributed by atoms with Crippen molar-refractivity contribution in [3.05, 3.63) is 0 Å². The fourth-order valence-corrected chi connectivity index (χ4v) is 1.97. The fourth-order valence-electron chi connectivity index (χ4n) is 1.32. The minimum atomic E-state index is -1.08. The summed E-state index contributed by atoms with van der Waals surface area (Å²) in [5.41, 5.74) is 0. The molecule has 3 atom stereocenters. The van der Waals surface area contributed by atoms with Crippen LogP contribution in [0.2, 0.25) is 0 Å². The lowest BCUT2D eigenvalue weighted by atomic mass is 10.2. The average molecular weight is 264 g/mol. The van der Waals surface area contributed by atoms with E-state index < -0.39 is 12.0 Å². The van der Waals surface area contributed by atoms with Crippen LogP contribution in [0, 0.1) is 0 Å². The molecule has 0 aliphatic rings. The first-order valence-corrected chi connectivity index (χ1v) is 6.58.